The highest BCUT2D eigenvalue weighted by molar-refractivity contribution is 14.1. The van der Waals surface area contributed by atoms with Crippen molar-refractivity contribution in [3.05, 3.63) is 79.6 Å². The van der Waals surface area contributed by atoms with Gasteiger partial charge in [-0.3, -0.25) is 9.59 Å². The minimum absolute atomic E-state index is 0.142. The molecule has 0 bridgehead atoms. The van der Waals surface area contributed by atoms with Crippen molar-refractivity contribution in [2.45, 2.75) is 44.4 Å². The van der Waals surface area contributed by atoms with E-state index >= 15 is 0 Å². The Morgan fingerprint density at radius 2 is 1.92 bits per heavy atom. The van der Waals surface area contributed by atoms with E-state index in [1.54, 1.807) is 25.1 Å². The van der Waals surface area contributed by atoms with Gasteiger partial charge in [-0.15, -0.1) is 16.8 Å². The summed E-state index contributed by atoms with van der Waals surface area (Å²) in [6.45, 7) is 10.2. The topological polar surface area (TPSA) is 88.9 Å². The number of allylic oxidation sites excluding steroid dienone is 1. The number of rotatable bonds is 10. The largest absolute Gasteiger partial charge is 0.342 e. The Bertz CT molecular complexity index is 1280. The molecule has 2 N–H and O–H groups in total. The van der Waals surface area contributed by atoms with Gasteiger partial charge in [-0.05, 0) is 77.4 Å². The Morgan fingerprint density at radius 1 is 1.17 bits per heavy atom. The van der Waals surface area contributed by atoms with Crippen LogP contribution in [0.1, 0.15) is 54.5 Å². The van der Waals surface area contributed by atoms with E-state index in [4.69, 9.17) is 23.2 Å². The molecule has 0 aliphatic carbocycles. The van der Waals surface area contributed by atoms with Gasteiger partial charge in [0.15, 0.2) is 11.0 Å². The zero-order valence-electron chi connectivity index (χ0n) is 20.0. The van der Waals surface area contributed by atoms with Crippen molar-refractivity contribution in [1.29, 1.82) is 0 Å². The van der Waals surface area contributed by atoms with Gasteiger partial charge in [-0.2, -0.15) is 0 Å². The molecule has 1 atom stereocenters. The lowest BCUT2D eigenvalue weighted by Crippen LogP contribution is -2.29. The molecule has 0 spiro atoms. The normalized spacial score (nSPS) is 11.9. The van der Waals surface area contributed by atoms with E-state index in [0.717, 1.165) is 14.8 Å². The van der Waals surface area contributed by atoms with Gasteiger partial charge in [0.1, 0.15) is 0 Å². The zero-order chi connectivity index (χ0) is 26.4. The van der Waals surface area contributed by atoms with E-state index in [2.05, 4.69) is 69.9 Å². The number of thioether (sulfide) groups is 1. The quantitative estimate of drug-likeness (QED) is 0.144. The van der Waals surface area contributed by atoms with Crippen molar-refractivity contribution in [2.75, 3.05) is 11.1 Å². The number of benzene rings is 2. The zero-order valence-corrected chi connectivity index (χ0v) is 24.5. The fraction of sp³-hybridized carbons (Fsp3) is 0.280. The molecule has 7 nitrogen and oxygen atoms in total. The second-order valence-corrected chi connectivity index (χ2v) is 11.3. The summed E-state index contributed by atoms with van der Waals surface area (Å²) in [5.41, 5.74) is 2.20. The van der Waals surface area contributed by atoms with Crippen molar-refractivity contribution in [3.63, 3.8) is 0 Å². The second-order valence-electron chi connectivity index (χ2n) is 8.28. The molecule has 11 heteroatoms. The molecule has 190 valence electrons. The molecule has 2 aromatic carbocycles. The third-order valence-corrected chi connectivity index (χ3v) is 7.40. The van der Waals surface area contributed by atoms with Crippen molar-refractivity contribution < 1.29 is 9.59 Å². The summed E-state index contributed by atoms with van der Waals surface area (Å²) in [7, 11) is 0. The molecular formula is C25H26Cl2IN5O2S. The number of nitrogens with zero attached hydrogens (tertiary/aromatic N) is 3. The number of carbonyl (C=O) groups excluding carboxylic acids is 2. The van der Waals surface area contributed by atoms with E-state index in [-0.39, 0.29) is 28.5 Å². The lowest BCUT2D eigenvalue weighted by Gasteiger charge is -2.16. The summed E-state index contributed by atoms with van der Waals surface area (Å²) >= 11 is 15.6. The van der Waals surface area contributed by atoms with E-state index in [0.29, 0.717) is 28.1 Å². The van der Waals surface area contributed by atoms with Crippen LogP contribution in [0.4, 0.5) is 5.69 Å². The summed E-state index contributed by atoms with van der Waals surface area (Å²) in [5, 5.41) is 15.7. The number of hydrogen-bond acceptors (Lipinski definition) is 5. The van der Waals surface area contributed by atoms with Crippen LogP contribution in [0, 0.1) is 3.57 Å². The first kappa shape index (κ1) is 28.5. The minimum Gasteiger partial charge on any atom is -0.342 e. The van der Waals surface area contributed by atoms with E-state index in [9.17, 15) is 9.59 Å². The molecule has 3 aromatic rings. The maximum Gasteiger partial charge on any atom is 0.253 e. The SMILES string of the molecule is C=CCn1c(SCC(=O)Nc2ccc(I)cc2C(C)C)nnc1[C@@H](C)NC(=O)c1ccc(Cl)cc1Cl. The van der Waals surface area contributed by atoms with E-state index in [1.807, 2.05) is 16.7 Å². The minimum atomic E-state index is -0.472. The van der Waals surface area contributed by atoms with Crippen LogP contribution in [-0.2, 0) is 11.3 Å². The third-order valence-electron chi connectivity index (χ3n) is 5.21. The lowest BCUT2D eigenvalue weighted by atomic mass is 10.0. The Hall–Kier alpha value is -2.08. The van der Waals surface area contributed by atoms with Gasteiger partial charge in [0, 0.05) is 20.8 Å². The molecule has 0 aliphatic rings. The molecule has 1 heterocycles. The van der Waals surface area contributed by atoms with Gasteiger partial charge in [0.25, 0.3) is 5.91 Å². The van der Waals surface area contributed by atoms with Crippen molar-refractivity contribution >= 4 is 75.1 Å². The third kappa shape index (κ3) is 7.24. The summed E-state index contributed by atoms with van der Waals surface area (Å²) in [6, 6.07) is 10.2. The smallest absolute Gasteiger partial charge is 0.253 e. The summed E-state index contributed by atoms with van der Waals surface area (Å²) in [5.74, 6) is 0.470. The van der Waals surface area contributed by atoms with Gasteiger partial charge in [-0.25, -0.2) is 0 Å². The monoisotopic (exact) mass is 657 g/mol. The van der Waals surface area contributed by atoms with Crippen LogP contribution in [0.15, 0.2) is 54.2 Å². The van der Waals surface area contributed by atoms with Crippen LogP contribution < -0.4 is 10.6 Å². The molecule has 0 radical (unpaired) electrons. The average molecular weight is 658 g/mol. The fourth-order valence-corrected chi connectivity index (χ4v) is 5.25. The number of amides is 2. The van der Waals surface area contributed by atoms with Gasteiger partial charge in [0.2, 0.25) is 5.91 Å². The first-order valence-electron chi connectivity index (χ1n) is 11.1. The number of hydrogen-bond donors (Lipinski definition) is 2. The predicted octanol–water partition coefficient (Wildman–Crippen LogP) is 6.72. The van der Waals surface area contributed by atoms with Gasteiger partial charge < -0.3 is 15.2 Å². The number of nitrogens with one attached hydrogen (secondary N) is 2. The molecule has 0 saturated heterocycles. The van der Waals surface area contributed by atoms with Crippen LogP contribution in [0.5, 0.6) is 0 Å². The van der Waals surface area contributed by atoms with Crippen LogP contribution in [-0.4, -0.2) is 32.3 Å². The molecular weight excluding hydrogens is 632 g/mol. The van der Waals surface area contributed by atoms with Gasteiger partial charge in [-0.1, -0.05) is 54.9 Å². The van der Waals surface area contributed by atoms with Crippen molar-refractivity contribution in [2.24, 2.45) is 0 Å². The Kier molecular flexibility index (Phi) is 10.2. The number of halogens is 3. The highest BCUT2D eigenvalue weighted by Crippen LogP contribution is 2.27. The molecule has 2 amide bonds. The maximum absolute atomic E-state index is 12.7. The average Bonchev–Trinajstić information content (AvgIpc) is 3.21. The highest BCUT2D eigenvalue weighted by atomic mass is 127. The number of aromatic nitrogens is 3. The Morgan fingerprint density at radius 3 is 2.58 bits per heavy atom. The molecule has 0 fully saturated rings. The van der Waals surface area contributed by atoms with Crippen LogP contribution >= 0.6 is 57.6 Å². The fourth-order valence-electron chi connectivity index (χ4n) is 3.48. The van der Waals surface area contributed by atoms with Crippen molar-refractivity contribution in [1.82, 2.24) is 20.1 Å². The molecule has 0 unspecified atom stereocenters. The molecule has 0 saturated carbocycles. The number of anilines is 1. The summed E-state index contributed by atoms with van der Waals surface area (Å²) in [6.07, 6.45) is 1.71. The van der Waals surface area contributed by atoms with Crippen LogP contribution in [0.25, 0.3) is 0 Å². The van der Waals surface area contributed by atoms with Gasteiger partial charge in [0.05, 0.1) is 22.4 Å². The van der Waals surface area contributed by atoms with Crippen LogP contribution in [0.3, 0.4) is 0 Å². The lowest BCUT2D eigenvalue weighted by molar-refractivity contribution is -0.113. The first-order chi connectivity index (χ1) is 17.1. The van der Waals surface area contributed by atoms with Crippen molar-refractivity contribution in [3.8, 4) is 0 Å². The molecule has 36 heavy (non-hydrogen) atoms. The van der Waals surface area contributed by atoms with Crippen LogP contribution in [0.2, 0.25) is 10.0 Å². The van der Waals surface area contributed by atoms with E-state index in [1.165, 1.54) is 17.8 Å². The summed E-state index contributed by atoms with van der Waals surface area (Å²) in [4.78, 5) is 25.5. The molecule has 1 aromatic heterocycles. The van der Waals surface area contributed by atoms with Gasteiger partial charge >= 0.3 is 0 Å². The standard InChI is InChI=1S/C25H26Cl2IN5O2S/c1-5-10-33-23(15(4)29-24(35)18-8-6-16(26)11-20(18)27)31-32-25(33)36-13-22(34)30-21-9-7-17(28)12-19(21)14(2)3/h5-9,11-12,14-15H,1,10,13H2,2-4H3,(H,29,35)(H,30,34)/t15-/m1/s1. The maximum atomic E-state index is 12.7. The Labute approximate surface area is 238 Å². The molecule has 3 rings (SSSR count). The summed E-state index contributed by atoms with van der Waals surface area (Å²) < 4.78 is 2.94. The Balaban J connectivity index is 1.70. The first-order valence-corrected chi connectivity index (χ1v) is 13.9. The molecule has 0 aliphatic heterocycles. The highest BCUT2D eigenvalue weighted by Gasteiger charge is 2.22. The number of carbonyl (C=O) groups is 2. The van der Waals surface area contributed by atoms with E-state index < -0.39 is 6.04 Å². The predicted molar refractivity (Wildman–Crippen MR) is 155 cm³/mol. The second kappa shape index (κ2) is 12.9.